The Morgan fingerprint density at radius 3 is 2.69 bits per heavy atom. The number of fused-ring (bicyclic) bond motifs is 1. The van der Waals surface area contributed by atoms with Gasteiger partial charge in [0.05, 0.1) is 29.7 Å². The maximum Gasteiger partial charge on any atom is 0.259 e. The highest BCUT2D eigenvalue weighted by molar-refractivity contribution is 6.32. The second-order valence-corrected chi connectivity index (χ2v) is 7.23. The molecule has 0 bridgehead atoms. The number of nitrogens with one attached hydrogen (secondary N) is 2. The lowest BCUT2D eigenvalue weighted by atomic mass is 10.2. The maximum atomic E-state index is 12.3. The molecule has 9 nitrogen and oxygen atoms in total. The van der Waals surface area contributed by atoms with Gasteiger partial charge in [-0.3, -0.25) is 9.59 Å². The fourth-order valence-electron chi connectivity index (χ4n) is 3.05. The Labute approximate surface area is 189 Å². The van der Waals surface area contributed by atoms with Crippen LogP contribution in [0.25, 0.3) is 5.69 Å². The number of carbonyl (C=O) groups excluding carboxylic acids is 2. The van der Waals surface area contributed by atoms with Crippen LogP contribution in [-0.2, 0) is 4.79 Å². The molecule has 4 rings (SSSR count). The van der Waals surface area contributed by atoms with Crippen molar-refractivity contribution < 1.29 is 19.1 Å². The number of amides is 2. The van der Waals surface area contributed by atoms with E-state index in [1.165, 1.54) is 6.21 Å². The van der Waals surface area contributed by atoms with E-state index in [0.717, 1.165) is 5.69 Å². The summed E-state index contributed by atoms with van der Waals surface area (Å²) in [6, 6.07) is 14.3. The molecule has 2 heterocycles. The van der Waals surface area contributed by atoms with Crippen LogP contribution in [0.15, 0.2) is 53.6 Å². The molecule has 2 aromatic carbocycles. The van der Waals surface area contributed by atoms with E-state index in [1.807, 2.05) is 30.3 Å². The second-order valence-electron chi connectivity index (χ2n) is 6.87. The van der Waals surface area contributed by atoms with E-state index in [9.17, 15) is 9.59 Å². The molecule has 0 fully saturated rings. The Morgan fingerprint density at radius 1 is 1.16 bits per heavy atom. The topological polar surface area (TPSA) is 107 Å². The summed E-state index contributed by atoms with van der Waals surface area (Å²) < 4.78 is 12.5. The molecule has 0 saturated carbocycles. The predicted octanol–water partition coefficient (Wildman–Crippen LogP) is 2.49. The maximum absolute atomic E-state index is 12.3. The summed E-state index contributed by atoms with van der Waals surface area (Å²) in [6.45, 7) is 2.44. The van der Waals surface area contributed by atoms with Gasteiger partial charge in [-0.1, -0.05) is 29.8 Å². The first-order valence-electron chi connectivity index (χ1n) is 9.83. The molecule has 0 atom stereocenters. The minimum Gasteiger partial charge on any atom is -0.486 e. The van der Waals surface area contributed by atoms with E-state index in [0.29, 0.717) is 46.7 Å². The Hall–Kier alpha value is -3.85. The summed E-state index contributed by atoms with van der Waals surface area (Å²) in [5.74, 6) is 0.186. The highest BCUT2D eigenvalue weighted by Crippen LogP contribution is 2.30. The Kier molecular flexibility index (Phi) is 6.37. The van der Waals surface area contributed by atoms with Gasteiger partial charge < -0.3 is 14.8 Å². The van der Waals surface area contributed by atoms with E-state index in [4.69, 9.17) is 21.1 Å². The Morgan fingerprint density at radius 2 is 1.91 bits per heavy atom. The van der Waals surface area contributed by atoms with Crippen molar-refractivity contribution in [2.24, 2.45) is 5.10 Å². The van der Waals surface area contributed by atoms with Crippen LogP contribution in [0.1, 0.15) is 21.6 Å². The molecule has 0 aliphatic carbocycles. The van der Waals surface area contributed by atoms with Crippen molar-refractivity contribution in [2.75, 3.05) is 19.8 Å². The Bertz CT molecular complexity index is 1180. The lowest BCUT2D eigenvalue weighted by Crippen LogP contribution is -2.35. The highest BCUT2D eigenvalue weighted by Gasteiger charge is 2.16. The number of hydrogen-bond acceptors (Lipinski definition) is 6. The van der Waals surface area contributed by atoms with Crippen molar-refractivity contribution in [1.29, 1.82) is 0 Å². The van der Waals surface area contributed by atoms with Crippen LogP contribution in [0, 0.1) is 6.92 Å². The number of hydrazone groups is 1. The van der Waals surface area contributed by atoms with Crippen molar-refractivity contribution in [1.82, 2.24) is 20.5 Å². The molecule has 164 valence electrons. The molecule has 3 aromatic rings. The van der Waals surface area contributed by atoms with E-state index >= 15 is 0 Å². The predicted molar refractivity (Wildman–Crippen MR) is 119 cm³/mol. The smallest absolute Gasteiger partial charge is 0.259 e. The number of para-hydroxylation sites is 1. The molecule has 0 spiro atoms. The zero-order chi connectivity index (χ0) is 22.5. The third kappa shape index (κ3) is 4.73. The minimum absolute atomic E-state index is 0.249. The van der Waals surface area contributed by atoms with Crippen molar-refractivity contribution >= 4 is 29.6 Å². The van der Waals surface area contributed by atoms with Crippen LogP contribution in [0.3, 0.4) is 0 Å². The van der Waals surface area contributed by atoms with Crippen molar-refractivity contribution in [3.63, 3.8) is 0 Å². The summed E-state index contributed by atoms with van der Waals surface area (Å²) in [4.78, 5) is 24.4. The average molecular weight is 454 g/mol. The number of aromatic nitrogens is 2. The molecule has 1 aliphatic rings. The zero-order valence-corrected chi connectivity index (χ0v) is 17.9. The largest absolute Gasteiger partial charge is 0.486 e. The normalized spacial score (nSPS) is 12.6. The Balaban J connectivity index is 1.32. The van der Waals surface area contributed by atoms with Crippen LogP contribution in [0.2, 0.25) is 5.15 Å². The monoisotopic (exact) mass is 453 g/mol. The van der Waals surface area contributed by atoms with Gasteiger partial charge in [-0.25, -0.2) is 10.1 Å². The minimum atomic E-state index is -0.489. The molecule has 0 radical (unpaired) electrons. The summed E-state index contributed by atoms with van der Waals surface area (Å²) >= 11 is 6.42. The molecule has 1 aromatic heterocycles. The van der Waals surface area contributed by atoms with Crippen LogP contribution in [0.5, 0.6) is 11.5 Å². The lowest BCUT2D eigenvalue weighted by molar-refractivity contribution is -0.120. The molecule has 2 amide bonds. The zero-order valence-electron chi connectivity index (χ0n) is 17.2. The number of rotatable bonds is 6. The van der Waals surface area contributed by atoms with Gasteiger partial charge in [-0.2, -0.15) is 10.2 Å². The van der Waals surface area contributed by atoms with Crippen LogP contribution < -0.4 is 20.2 Å². The number of aryl methyl sites for hydroxylation is 1. The third-order valence-corrected chi connectivity index (χ3v) is 5.01. The van der Waals surface area contributed by atoms with Gasteiger partial charge in [0.15, 0.2) is 11.5 Å². The van der Waals surface area contributed by atoms with Gasteiger partial charge >= 0.3 is 0 Å². The van der Waals surface area contributed by atoms with Crippen LogP contribution in [-0.4, -0.2) is 47.6 Å². The summed E-state index contributed by atoms with van der Waals surface area (Å²) in [5.41, 5.74) is 4.78. The molecule has 10 heteroatoms. The molecule has 0 saturated heterocycles. The molecule has 0 unspecified atom stereocenters. The van der Waals surface area contributed by atoms with E-state index in [-0.39, 0.29) is 6.54 Å². The van der Waals surface area contributed by atoms with E-state index < -0.39 is 11.8 Å². The number of nitrogens with zero attached hydrogens (tertiary/aromatic N) is 3. The molecule has 32 heavy (non-hydrogen) atoms. The quantitative estimate of drug-likeness (QED) is 0.440. The molecular weight excluding hydrogens is 434 g/mol. The van der Waals surface area contributed by atoms with Gasteiger partial charge in [0, 0.05) is 5.56 Å². The van der Waals surface area contributed by atoms with E-state index in [1.54, 1.807) is 29.8 Å². The first kappa shape index (κ1) is 21.4. The molecule has 2 N–H and O–H groups in total. The van der Waals surface area contributed by atoms with Gasteiger partial charge in [0.1, 0.15) is 18.4 Å². The number of carbonyl (C=O) groups is 2. The first-order chi connectivity index (χ1) is 15.5. The van der Waals surface area contributed by atoms with Crippen molar-refractivity contribution in [2.45, 2.75) is 6.92 Å². The van der Waals surface area contributed by atoms with E-state index in [2.05, 4.69) is 20.9 Å². The van der Waals surface area contributed by atoms with Crippen molar-refractivity contribution in [3.8, 4) is 17.2 Å². The SMILES string of the molecule is Cc1nn(-c2ccccc2)c(Cl)c1/C=N\NC(=O)CNC(=O)c1ccc2c(c1)OCCO2. The second kappa shape index (κ2) is 9.52. The van der Waals surface area contributed by atoms with Crippen LogP contribution >= 0.6 is 11.6 Å². The fraction of sp³-hybridized carbons (Fsp3) is 0.182. The van der Waals surface area contributed by atoms with Gasteiger partial charge in [0.25, 0.3) is 11.8 Å². The average Bonchev–Trinajstić information content (AvgIpc) is 3.11. The molecular formula is C22H20ClN5O4. The lowest BCUT2D eigenvalue weighted by Gasteiger charge is -2.18. The standard InChI is InChI=1S/C22H20ClN5O4/c1-14-17(21(23)28(27-14)16-5-3-2-4-6-16)12-25-26-20(29)13-24-22(30)15-7-8-18-19(11-15)32-10-9-31-18/h2-8,11-12H,9-10,13H2,1H3,(H,24,30)(H,26,29)/b25-12-. The van der Waals surface area contributed by atoms with Crippen LogP contribution in [0.4, 0.5) is 0 Å². The summed E-state index contributed by atoms with van der Waals surface area (Å²) in [6.07, 6.45) is 1.42. The fourth-order valence-corrected chi connectivity index (χ4v) is 3.37. The van der Waals surface area contributed by atoms with Gasteiger partial charge in [0.2, 0.25) is 0 Å². The number of ether oxygens (including phenoxy) is 2. The highest BCUT2D eigenvalue weighted by atomic mass is 35.5. The number of halogens is 1. The van der Waals surface area contributed by atoms with Gasteiger partial charge in [-0.15, -0.1) is 0 Å². The number of hydrogen-bond donors (Lipinski definition) is 2. The first-order valence-corrected chi connectivity index (χ1v) is 10.2. The molecule has 1 aliphatic heterocycles. The third-order valence-electron chi connectivity index (χ3n) is 4.65. The summed E-state index contributed by atoms with van der Waals surface area (Å²) in [5, 5.41) is 11.2. The number of benzene rings is 2. The summed E-state index contributed by atoms with van der Waals surface area (Å²) in [7, 11) is 0. The van der Waals surface area contributed by atoms with Crippen molar-refractivity contribution in [3.05, 3.63) is 70.5 Å². The van der Waals surface area contributed by atoms with Gasteiger partial charge in [-0.05, 0) is 37.3 Å².